The molecule has 1 aromatic heterocycles. The quantitative estimate of drug-likeness (QED) is 0.330. The van der Waals surface area contributed by atoms with Crippen LogP contribution in [-0.2, 0) is 4.79 Å². The number of amides is 1. The first kappa shape index (κ1) is 20.4. The number of nitrogens with zero attached hydrogens (tertiary/aromatic N) is 2. The number of furan rings is 1. The highest BCUT2D eigenvalue weighted by molar-refractivity contribution is 6.31. The standard InChI is InChI=1S/C19H13Cl2N3O5/c20-13-3-1-2-12(8-13)17-7-5-15(29-17)10-22-23-19(25)11-28-18-6-4-14(21)9-16(18)24(26)27/h1-10H,11H2,(H,23,25)/b22-10-. The molecule has 0 aliphatic heterocycles. The van der Waals surface area contributed by atoms with E-state index >= 15 is 0 Å². The van der Waals surface area contributed by atoms with Crippen LogP contribution < -0.4 is 10.2 Å². The van der Waals surface area contributed by atoms with Gasteiger partial charge in [-0.05, 0) is 36.4 Å². The molecule has 0 spiro atoms. The van der Waals surface area contributed by atoms with Gasteiger partial charge >= 0.3 is 5.69 Å². The van der Waals surface area contributed by atoms with Crippen LogP contribution in [0.2, 0.25) is 10.0 Å². The molecule has 0 bridgehead atoms. The van der Waals surface area contributed by atoms with E-state index in [0.29, 0.717) is 16.5 Å². The van der Waals surface area contributed by atoms with E-state index in [2.05, 4.69) is 10.5 Å². The third kappa shape index (κ3) is 5.56. The molecule has 1 N–H and O–H groups in total. The molecule has 3 rings (SSSR count). The van der Waals surface area contributed by atoms with E-state index in [1.54, 1.807) is 30.3 Å². The lowest BCUT2D eigenvalue weighted by molar-refractivity contribution is -0.385. The van der Waals surface area contributed by atoms with E-state index in [4.69, 9.17) is 32.4 Å². The summed E-state index contributed by atoms with van der Waals surface area (Å²) in [5.41, 5.74) is 2.72. The second kappa shape index (κ2) is 9.22. The van der Waals surface area contributed by atoms with Gasteiger partial charge in [0.05, 0.1) is 11.1 Å². The lowest BCUT2D eigenvalue weighted by Crippen LogP contribution is -2.24. The minimum atomic E-state index is -0.647. The van der Waals surface area contributed by atoms with Crippen molar-refractivity contribution in [2.45, 2.75) is 0 Å². The molecule has 29 heavy (non-hydrogen) atoms. The van der Waals surface area contributed by atoms with Crippen molar-refractivity contribution >= 4 is 41.0 Å². The molecular formula is C19H13Cl2N3O5. The molecule has 0 saturated heterocycles. The molecule has 8 nitrogen and oxygen atoms in total. The number of carbonyl (C=O) groups excluding carboxylic acids is 1. The Hall–Kier alpha value is -3.36. The van der Waals surface area contributed by atoms with Gasteiger partial charge in [-0.15, -0.1) is 0 Å². The monoisotopic (exact) mass is 433 g/mol. The molecule has 0 atom stereocenters. The third-order valence-corrected chi connectivity index (χ3v) is 4.06. The van der Waals surface area contributed by atoms with Crippen molar-refractivity contribution < 1.29 is 18.9 Å². The van der Waals surface area contributed by atoms with E-state index in [0.717, 1.165) is 11.6 Å². The van der Waals surface area contributed by atoms with Gasteiger partial charge in [-0.1, -0.05) is 35.3 Å². The Balaban J connectivity index is 1.55. The first-order valence-corrected chi connectivity index (χ1v) is 8.92. The molecule has 0 aliphatic rings. The van der Waals surface area contributed by atoms with Crippen LogP contribution in [0.25, 0.3) is 11.3 Å². The van der Waals surface area contributed by atoms with Gasteiger partial charge in [0.1, 0.15) is 11.5 Å². The van der Waals surface area contributed by atoms with Crippen molar-refractivity contribution in [3.8, 4) is 17.1 Å². The van der Waals surface area contributed by atoms with Crippen LogP contribution in [0.3, 0.4) is 0 Å². The lowest BCUT2D eigenvalue weighted by atomic mass is 10.2. The zero-order chi connectivity index (χ0) is 20.8. The molecule has 10 heteroatoms. The van der Waals surface area contributed by atoms with Crippen molar-refractivity contribution in [2.24, 2.45) is 5.10 Å². The Kier molecular flexibility index (Phi) is 6.48. The molecule has 0 aliphatic carbocycles. The number of carbonyl (C=O) groups is 1. The molecule has 1 heterocycles. The minimum absolute atomic E-state index is 0.0734. The van der Waals surface area contributed by atoms with Crippen molar-refractivity contribution in [1.29, 1.82) is 0 Å². The summed E-state index contributed by atoms with van der Waals surface area (Å²) in [5, 5.41) is 15.5. The van der Waals surface area contributed by atoms with Crippen LogP contribution >= 0.6 is 23.2 Å². The number of hydrogen-bond donors (Lipinski definition) is 1. The summed E-state index contributed by atoms with van der Waals surface area (Å²) in [7, 11) is 0. The van der Waals surface area contributed by atoms with Gasteiger partial charge in [0.25, 0.3) is 5.91 Å². The Morgan fingerprint density at radius 1 is 1.17 bits per heavy atom. The zero-order valence-corrected chi connectivity index (χ0v) is 16.2. The van der Waals surface area contributed by atoms with Gasteiger partial charge in [0, 0.05) is 21.7 Å². The smallest absolute Gasteiger partial charge is 0.312 e. The summed E-state index contributed by atoms with van der Waals surface area (Å²) in [6.07, 6.45) is 1.32. The molecule has 1 amide bonds. The number of benzene rings is 2. The highest BCUT2D eigenvalue weighted by atomic mass is 35.5. The minimum Gasteiger partial charge on any atom is -0.477 e. The summed E-state index contributed by atoms with van der Waals surface area (Å²) in [6, 6.07) is 14.5. The van der Waals surface area contributed by atoms with Gasteiger partial charge in [-0.25, -0.2) is 5.43 Å². The molecule has 0 saturated carbocycles. The zero-order valence-electron chi connectivity index (χ0n) is 14.7. The number of nitrogens with one attached hydrogen (secondary N) is 1. The average Bonchev–Trinajstić information content (AvgIpc) is 3.16. The third-order valence-electron chi connectivity index (χ3n) is 3.59. The van der Waals surface area contributed by atoms with Crippen LogP contribution in [0.4, 0.5) is 5.69 Å². The normalized spacial score (nSPS) is 10.8. The van der Waals surface area contributed by atoms with E-state index in [-0.39, 0.29) is 16.5 Å². The maximum Gasteiger partial charge on any atom is 0.312 e. The number of rotatable bonds is 7. The Morgan fingerprint density at radius 2 is 1.97 bits per heavy atom. The largest absolute Gasteiger partial charge is 0.477 e. The predicted octanol–water partition coefficient (Wildman–Crippen LogP) is 4.69. The summed E-state index contributed by atoms with van der Waals surface area (Å²) in [6.45, 7) is -0.467. The van der Waals surface area contributed by atoms with Crippen molar-refractivity contribution in [3.05, 3.63) is 80.5 Å². The average molecular weight is 434 g/mol. The lowest BCUT2D eigenvalue weighted by Gasteiger charge is -2.05. The summed E-state index contributed by atoms with van der Waals surface area (Å²) < 4.78 is 10.8. The molecule has 148 valence electrons. The molecular weight excluding hydrogens is 421 g/mol. The van der Waals surface area contributed by atoms with E-state index < -0.39 is 17.4 Å². The van der Waals surface area contributed by atoms with Gasteiger partial charge in [-0.2, -0.15) is 5.10 Å². The summed E-state index contributed by atoms with van der Waals surface area (Å²) >= 11 is 11.7. The van der Waals surface area contributed by atoms with E-state index in [1.807, 2.05) is 6.07 Å². The van der Waals surface area contributed by atoms with E-state index in [9.17, 15) is 14.9 Å². The van der Waals surface area contributed by atoms with Gasteiger partial charge in [0.15, 0.2) is 12.4 Å². The van der Waals surface area contributed by atoms with Gasteiger partial charge < -0.3 is 9.15 Å². The van der Waals surface area contributed by atoms with Crippen LogP contribution in [0.15, 0.2) is 64.1 Å². The van der Waals surface area contributed by atoms with Crippen LogP contribution in [0.5, 0.6) is 5.75 Å². The fourth-order valence-electron chi connectivity index (χ4n) is 2.32. The Labute approximate surface area is 174 Å². The number of halogens is 2. The summed E-state index contributed by atoms with van der Waals surface area (Å²) in [4.78, 5) is 22.2. The number of nitro groups is 1. The Morgan fingerprint density at radius 3 is 2.72 bits per heavy atom. The topological polar surface area (TPSA) is 107 Å². The van der Waals surface area contributed by atoms with Gasteiger partial charge in [-0.3, -0.25) is 14.9 Å². The highest BCUT2D eigenvalue weighted by Crippen LogP contribution is 2.29. The second-order valence-corrected chi connectivity index (χ2v) is 6.54. The number of nitro benzene ring substituents is 1. The maximum atomic E-state index is 11.8. The summed E-state index contributed by atoms with van der Waals surface area (Å²) in [5.74, 6) is 0.330. The van der Waals surface area contributed by atoms with Crippen LogP contribution in [0, 0.1) is 10.1 Å². The Bertz CT molecular complexity index is 1080. The van der Waals surface area contributed by atoms with Crippen LogP contribution in [0.1, 0.15) is 5.76 Å². The molecule has 0 unspecified atom stereocenters. The maximum absolute atomic E-state index is 11.8. The predicted molar refractivity (Wildman–Crippen MR) is 108 cm³/mol. The first-order valence-electron chi connectivity index (χ1n) is 8.17. The van der Waals surface area contributed by atoms with Crippen LogP contribution in [-0.4, -0.2) is 23.7 Å². The molecule has 0 fully saturated rings. The van der Waals surface area contributed by atoms with E-state index in [1.165, 1.54) is 18.3 Å². The molecule has 0 radical (unpaired) electrons. The fraction of sp³-hybridized carbons (Fsp3) is 0.0526. The highest BCUT2D eigenvalue weighted by Gasteiger charge is 2.16. The van der Waals surface area contributed by atoms with Gasteiger partial charge in [0.2, 0.25) is 0 Å². The second-order valence-electron chi connectivity index (χ2n) is 5.66. The van der Waals surface area contributed by atoms with Crippen molar-refractivity contribution in [3.63, 3.8) is 0 Å². The van der Waals surface area contributed by atoms with Crippen molar-refractivity contribution in [2.75, 3.05) is 6.61 Å². The first-order chi connectivity index (χ1) is 13.9. The molecule has 3 aromatic rings. The van der Waals surface area contributed by atoms with Crippen molar-refractivity contribution in [1.82, 2.24) is 5.43 Å². The molecule has 2 aromatic carbocycles. The SMILES string of the molecule is O=C(COc1ccc(Cl)cc1[N+](=O)[O-])N/N=C\c1ccc(-c2cccc(Cl)c2)o1. The number of hydrogen-bond acceptors (Lipinski definition) is 6. The fourth-order valence-corrected chi connectivity index (χ4v) is 2.67. The number of ether oxygens (including phenoxy) is 1. The number of hydrazone groups is 1.